The zero-order chi connectivity index (χ0) is 11.4. The van der Waals surface area contributed by atoms with E-state index >= 15 is 0 Å². The first-order valence-corrected chi connectivity index (χ1v) is 6.50. The quantitative estimate of drug-likeness (QED) is 0.867. The van der Waals surface area contributed by atoms with Gasteiger partial charge in [0.25, 0.3) is 5.56 Å². The second-order valence-corrected chi connectivity index (χ2v) is 4.66. The Morgan fingerprint density at radius 2 is 1.93 bits per heavy atom. The summed E-state index contributed by atoms with van der Waals surface area (Å²) in [6.07, 6.45) is 2.85. The first kappa shape index (κ1) is 12.7. The summed E-state index contributed by atoms with van der Waals surface area (Å²) < 4.78 is 0.727. The normalized spacial score (nSPS) is 11.0. The van der Waals surface area contributed by atoms with Crippen molar-refractivity contribution in [3.63, 3.8) is 0 Å². The Labute approximate surface area is 104 Å². The molecule has 0 saturated carbocycles. The summed E-state index contributed by atoms with van der Waals surface area (Å²) in [7, 11) is 0. The van der Waals surface area contributed by atoms with Gasteiger partial charge >= 0.3 is 0 Å². The highest BCUT2D eigenvalue weighted by Gasteiger charge is 2.13. The molecule has 0 saturated heterocycles. The van der Waals surface area contributed by atoms with Gasteiger partial charge in [-0.2, -0.15) is 0 Å². The maximum atomic E-state index is 11.7. The zero-order valence-corrected chi connectivity index (χ0v) is 11.6. The fourth-order valence-corrected chi connectivity index (χ4v) is 2.26. The molecule has 0 aliphatic heterocycles. The average Bonchev–Trinajstić information content (AvgIpc) is 2.24. The lowest BCUT2D eigenvalue weighted by molar-refractivity contribution is 0.593. The van der Waals surface area contributed by atoms with Crippen LogP contribution in [0.4, 0.5) is 0 Å². The monoisotopic (exact) mass is 320 g/mol. The lowest BCUT2D eigenvalue weighted by Gasteiger charge is -2.12. The van der Waals surface area contributed by atoms with Crippen LogP contribution in [0.2, 0.25) is 0 Å². The lowest BCUT2D eigenvalue weighted by atomic mass is 10.0. The third kappa shape index (κ3) is 2.80. The van der Waals surface area contributed by atoms with E-state index in [1.807, 2.05) is 6.92 Å². The second-order valence-electron chi connectivity index (χ2n) is 3.58. The van der Waals surface area contributed by atoms with Gasteiger partial charge < -0.3 is 4.98 Å². The summed E-state index contributed by atoms with van der Waals surface area (Å²) in [5, 5.41) is 0. The summed E-state index contributed by atoms with van der Waals surface area (Å²) in [5.41, 5.74) is 0.922. The van der Waals surface area contributed by atoms with E-state index in [0.29, 0.717) is 5.92 Å². The summed E-state index contributed by atoms with van der Waals surface area (Å²) >= 11 is 2.06. The van der Waals surface area contributed by atoms with Crippen LogP contribution in [-0.4, -0.2) is 9.97 Å². The topological polar surface area (TPSA) is 45.8 Å². The SMILES string of the molecule is CCc1nc(C(CC)CC)[nH]c(=O)c1I. The molecule has 4 heteroatoms. The van der Waals surface area contributed by atoms with Crippen molar-refractivity contribution in [1.82, 2.24) is 9.97 Å². The Morgan fingerprint density at radius 1 is 1.33 bits per heavy atom. The second kappa shape index (κ2) is 5.63. The van der Waals surface area contributed by atoms with Gasteiger partial charge in [0.1, 0.15) is 5.82 Å². The molecule has 1 rings (SSSR count). The predicted molar refractivity (Wildman–Crippen MR) is 70.3 cm³/mol. The number of H-pyrrole nitrogens is 1. The van der Waals surface area contributed by atoms with Gasteiger partial charge in [-0.1, -0.05) is 20.8 Å². The van der Waals surface area contributed by atoms with Gasteiger partial charge in [-0.05, 0) is 41.9 Å². The molecule has 0 aliphatic rings. The number of aryl methyl sites for hydroxylation is 1. The maximum Gasteiger partial charge on any atom is 0.264 e. The third-order valence-electron chi connectivity index (χ3n) is 2.66. The van der Waals surface area contributed by atoms with Crippen LogP contribution in [0.15, 0.2) is 4.79 Å². The Balaban J connectivity index is 3.21. The minimum atomic E-state index is 0.00403. The zero-order valence-electron chi connectivity index (χ0n) is 9.43. The van der Waals surface area contributed by atoms with Crippen LogP contribution < -0.4 is 5.56 Å². The van der Waals surface area contributed by atoms with Gasteiger partial charge in [0.2, 0.25) is 0 Å². The Bertz CT molecular complexity index is 383. The fraction of sp³-hybridized carbons (Fsp3) is 0.636. The average molecular weight is 320 g/mol. The fourth-order valence-electron chi connectivity index (χ4n) is 1.63. The van der Waals surface area contributed by atoms with Crippen LogP contribution in [0.25, 0.3) is 0 Å². The van der Waals surface area contributed by atoms with E-state index < -0.39 is 0 Å². The highest BCUT2D eigenvalue weighted by molar-refractivity contribution is 14.1. The van der Waals surface area contributed by atoms with Crippen molar-refractivity contribution in [3.05, 3.63) is 25.4 Å². The molecule has 0 aromatic carbocycles. The van der Waals surface area contributed by atoms with E-state index in [4.69, 9.17) is 0 Å². The van der Waals surface area contributed by atoms with Crippen LogP contribution in [0.3, 0.4) is 0 Å². The van der Waals surface area contributed by atoms with Crippen LogP contribution >= 0.6 is 22.6 Å². The van der Waals surface area contributed by atoms with Crippen LogP contribution in [0.1, 0.15) is 51.0 Å². The molecule has 1 aromatic heterocycles. The van der Waals surface area contributed by atoms with E-state index in [9.17, 15) is 4.79 Å². The van der Waals surface area contributed by atoms with Crippen molar-refractivity contribution in [3.8, 4) is 0 Å². The highest BCUT2D eigenvalue weighted by atomic mass is 127. The van der Waals surface area contributed by atoms with Crippen molar-refractivity contribution < 1.29 is 0 Å². The van der Waals surface area contributed by atoms with E-state index in [-0.39, 0.29) is 5.56 Å². The van der Waals surface area contributed by atoms with Crippen molar-refractivity contribution in [2.45, 2.75) is 46.0 Å². The molecule has 1 heterocycles. The van der Waals surface area contributed by atoms with E-state index in [1.165, 1.54) is 0 Å². The maximum absolute atomic E-state index is 11.7. The molecule has 0 unspecified atom stereocenters. The van der Waals surface area contributed by atoms with Crippen molar-refractivity contribution in [2.75, 3.05) is 0 Å². The molecular weight excluding hydrogens is 303 g/mol. The molecule has 0 radical (unpaired) electrons. The van der Waals surface area contributed by atoms with Crippen LogP contribution in [0.5, 0.6) is 0 Å². The molecule has 0 spiro atoms. The Morgan fingerprint density at radius 3 is 2.40 bits per heavy atom. The van der Waals surface area contributed by atoms with E-state index in [2.05, 4.69) is 46.4 Å². The molecule has 1 N–H and O–H groups in total. The number of hydrogen-bond acceptors (Lipinski definition) is 2. The van der Waals surface area contributed by atoms with Crippen molar-refractivity contribution in [1.29, 1.82) is 0 Å². The molecule has 3 nitrogen and oxygen atoms in total. The predicted octanol–water partition coefficient (Wildman–Crippen LogP) is 2.84. The van der Waals surface area contributed by atoms with E-state index in [1.54, 1.807) is 0 Å². The Hall–Kier alpha value is -0.390. The largest absolute Gasteiger partial charge is 0.309 e. The van der Waals surface area contributed by atoms with Gasteiger partial charge in [0.15, 0.2) is 0 Å². The first-order valence-electron chi connectivity index (χ1n) is 5.42. The van der Waals surface area contributed by atoms with Gasteiger partial charge in [0, 0.05) is 5.92 Å². The molecule has 0 amide bonds. The standard InChI is InChI=1S/C11H17IN2O/c1-4-7(5-2)10-13-8(6-3)9(12)11(15)14-10/h7H,4-6H2,1-3H3,(H,13,14,15). The lowest BCUT2D eigenvalue weighted by Crippen LogP contribution is -2.19. The number of aromatic nitrogens is 2. The summed E-state index contributed by atoms with van der Waals surface area (Å²) in [6.45, 7) is 6.27. The van der Waals surface area contributed by atoms with E-state index in [0.717, 1.165) is 34.4 Å². The summed E-state index contributed by atoms with van der Waals surface area (Å²) in [6, 6.07) is 0. The molecule has 1 aromatic rings. The number of hydrogen-bond donors (Lipinski definition) is 1. The molecular formula is C11H17IN2O. The summed E-state index contributed by atoms with van der Waals surface area (Å²) in [5.74, 6) is 1.22. The molecule has 84 valence electrons. The Kier molecular flexibility index (Phi) is 4.76. The van der Waals surface area contributed by atoms with Crippen molar-refractivity contribution >= 4 is 22.6 Å². The van der Waals surface area contributed by atoms with Gasteiger partial charge in [-0.15, -0.1) is 0 Å². The van der Waals surface area contributed by atoms with Gasteiger partial charge in [-0.3, -0.25) is 4.79 Å². The molecule has 15 heavy (non-hydrogen) atoms. The molecule has 0 fully saturated rings. The molecule has 0 aliphatic carbocycles. The van der Waals surface area contributed by atoms with Crippen LogP contribution in [-0.2, 0) is 6.42 Å². The molecule has 0 bridgehead atoms. The molecule has 0 atom stereocenters. The number of aromatic amines is 1. The third-order valence-corrected chi connectivity index (χ3v) is 3.77. The number of nitrogens with one attached hydrogen (secondary N) is 1. The summed E-state index contributed by atoms with van der Waals surface area (Å²) in [4.78, 5) is 19.1. The number of halogens is 1. The highest BCUT2D eigenvalue weighted by Crippen LogP contribution is 2.19. The van der Waals surface area contributed by atoms with Gasteiger partial charge in [0.05, 0.1) is 9.26 Å². The number of rotatable bonds is 4. The van der Waals surface area contributed by atoms with Gasteiger partial charge in [-0.25, -0.2) is 4.98 Å². The smallest absolute Gasteiger partial charge is 0.264 e. The first-order chi connectivity index (χ1) is 7.13. The van der Waals surface area contributed by atoms with Crippen LogP contribution in [0, 0.1) is 3.57 Å². The number of nitrogens with zero attached hydrogens (tertiary/aromatic N) is 1. The van der Waals surface area contributed by atoms with Crippen molar-refractivity contribution in [2.24, 2.45) is 0 Å². The minimum absolute atomic E-state index is 0.00403. The minimum Gasteiger partial charge on any atom is -0.309 e.